The molecule has 0 aromatic heterocycles. The number of hydrogen-bond donors (Lipinski definition) is 0. The number of cyclic esters (lactones) is 1. The van der Waals surface area contributed by atoms with E-state index in [4.69, 9.17) is 14.3 Å². The molecule has 2 aliphatic heterocycles. The summed E-state index contributed by atoms with van der Waals surface area (Å²) in [5.41, 5.74) is 2.72. The molecule has 0 saturated carbocycles. The van der Waals surface area contributed by atoms with Gasteiger partial charge >= 0.3 is 5.97 Å². The number of esters is 1. The lowest BCUT2D eigenvalue weighted by Crippen LogP contribution is -2.46. The van der Waals surface area contributed by atoms with Gasteiger partial charge in [-0.1, -0.05) is 48.5 Å². The van der Waals surface area contributed by atoms with Crippen molar-refractivity contribution in [1.82, 2.24) is 0 Å². The highest BCUT2D eigenvalue weighted by atomic mass is 16.7. The number of rotatable bonds is 6. The monoisotopic (exact) mass is 365 g/mol. The van der Waals surface area contributed by atoms with Gasteiger partial charge in [-0.2, -0.15) is 0 Å². The van der Waals surface area contributed by atoms with Crippen molar-refractivity contribution < 1.29 is 19.1 Å². The molecule has 0 amide bonds. The molecule has 0 bridgehead atoms. The minimum atomic E-state index is -0.257. The van der Waals surface area contributed by atoms with E-state index in [0.717, 1.165) is 11.3 Å². The second-order valence-corrected chi connectivity index (χ2v) is 6.81. The van der Waals surface area contributed by atoms with Crippen LogP contribution >= 0.6 is 0 Å². The van der Waals surface area contributed by atoms with Crippen molar-refractivity contribution >= 4 is 11.7 Å². The third-order valence-corrected chi connectivity index (χ3v) is 4.83. The molecule has 0 spiro atoms. The van der Waals surface area contributed by atoms with Gasteiger partial charge in [0.15, 0.2) is 0 Å². The summed E-state index contributed by atoms with van der Waals surface area (Å²) < 4.78 is 11.2. The van der Waals surface area contributed by atoms with Crippen LogP contribution in [0.1, 0.15) is 18.9 Å². The van der Waals surface area contributed by atoms with Crippen LogP contribution in [-0.2, 0) is 25.7 Å². The zero-order chi connectivity index (χ0) is 18.6. The Kier molecular flexibility index (Phi) is 5.23. The molecule has 2 aromatic rings. The van der Waals surface area contributed by atoms with E-state index in [1.165, 1.54) is 0 Å². The van der Waals surface area contributed by atoms with Crippen molar-refractivity contribution in [1.29, 1.82) is 0 Å². The summed E-state index contributed by atoms with van der Waals surface area (Å²) in [4.78, 5) is 18.5. The van der Waals surface area contributed by atoms with Crippen molar-refractivity contribution in [2.45, 2.75) is 38.2 Å². The number of nitrogens with zero attached hydrogens (tertiary/aromatic N) is 1. The molecule has 140 valence electrons. The van der Waals surface area contributed by atoms with E-state index >= 15 is 0 Å². The Labute approximate surface area is 159 Å². The van der Waals surface area contributed by atoms with Gasteiger partial charge in [-0.15, -0.1) is 0 Å². The standard InChI is InChI=1S/C22H23NO4/c1-16-21-20(22(24)26-16)14-19(27-23(21)18-10-6-3-7-11-18)12-13-25-15-17-8-4-2-5-9-17/h2-11,14,16,19,21H,12-13,15H2,1H3/t16-,19+,21-/m0/s1. The summed E-state index contributed by atoms with van der Waals surface area (Å²) in [6.45, 7) is 3.00. The molecular weight excluding hydrogens is 342 g/mol. The number of ether oxygens (including phenoxy) is 2. The molecule has 0 unspecified atom stereocenters. The summed E-state index contributed by atoms with van der Waals surface area (Å²) >= 11 is 0. The van der Waals surface area contributed by atoms with E-state index in [2.05, 4.69) is 0 Å². The summed E-state index contributed by atoms with van der Waals surface area (Å²) in [7, 11) is 0. The molecule has 0 aliphatic carbocycles. The molecule has 0 radical (unpaired) electrons. The lowest BCUT2D eigenvalue weighted by Gasteiger charge is -2.37. The average molecular weight is 365 g/mol. The Morgan fingerprint density at radius 1 is 1.04 bits per heavy atom. The smallest absolute Gasteiger partial charge is 0.336 e. The second-order valence-electron chi connectivity index (χ2n) is 6.81. The van der Waals surface area contributed by atoms with Crippen LogP contribution in [0.4, 0.5) is 5.69 Å². The predicted molar refractivity (Wildman–Crippen MR) is 102 cm³/mol. The van der Waals surface area contributed by atoms with Crippen molar-refractivity contribution in [3.63, 3.8) is 0 Å². The predicted octanol–water partition coefficient (Wildman–Crippen LogP) is 3.65. The van der Waals surface area contributed by atoms with Crippen LogP contribution in [0.15, 0.2) is 72.3 Å². The van der Waals surface area contributed by atoms with Crippen molar-refractivity contribution in [3.05, 3.63) is 77.9 Å². The number of anilines is 1. The van der Waals surface area contributed by atoms with E-state index in [1.54, 1.807) is 0 Å². The SMILES string of the molecule is C[C@@H]1OC(=O)C2=C[C@@H](CCOCc3ccccc3)ON(c3ccccc3)[C@H]21. The average Bonchev–Trinajstić information content (AvgIpc) is 3.00. The first kappa shape index (κ1) is 17.8. The van der Waals surface area contributed by atoms with Gasteiger partial charge in [0.25, 0.3) is 0 Å². The Morgan fingerprint density at radius 2 is 1.74 bits per heavy atom. The van der Waals surface area contributed by atoms with Gasteiger partial charge in [0.05, 0.1) is 17.9 Å². The Balaban J connectivity index is 1.44. The van der Waals surface area contributed by atoms with Gasteiger partial charge in [0.1, 0.15) is 18.2 Å². The molecule has 4 rings (SSSR count). The zero-order valence-electron chi connectivity index (χ0n) is 15.3. The Hall–Kier alpha value is -2.63. The van der Waals surface area contributed by atoms with Crippen LogP contribution in [0.3, 0.4) is 0 Å². The molecule has 1 fully saturated rings. The molecular formula is C22H23NO4. The van der Waals surface area contributed by atoms with Crippen molar-refractivity contribution in [2.24, 2.45) is 0 Å². The fourth-order valence-corrected chi connectivity index (χ4v) is 3.50. The van der Waals surface area contributed by atoms with E-state index in [-0.39, 0.29) is 24.2 Å². The number of carbonyl (C=O) groups is 1. The molecule has 5 heteroatoms. The Bertz CT molecular complexity index is 806. The molecule has 3 atom stereocenters. The summed E-state index contributed by atoms with van der Waals surface area (Å²) in [5.74, 6) is -0.257. The maximum atomic E-state index is 12.3. The third-order valence-electron chi connectivity index (χ3n) is 4.83. The van der Waals surface area contributed by atoms with Gasteiger partial charge in [-0.25, -0.2) is 9.86 Å². The van der Waals surface area contributed by atoms with Crippen LogP contribution in [0, 0.1) is 0 Å². The topological polar surface area (TPSA) is 48.0 Å². The fourth-order valence-electron chi connectivity index (χ4n) is 3.50. The number of fused-ring (bicyclic) bond motifs is 1. The first-order chi connectivity index (χ1) is 13.2. The van der Waals surface area contributed by atoms with E-state index in [1.807, 2.05) is 78.7 Å². The molecule has 2 aromatic carbocycles. The van der Waals surface area contributed by atoms with Crippen LogP contribution in [-0.4, -0.2) is 30.8 Å². The van der Waals surface area contributed by atoms with Gasteiger partial charge in [0, 0.05) is 13.0 Å². The largest absolute Gasteiger partial charge is 0.457 e. The van der Waals surface area contributed by atoms with E-state index in [0.29, 0.717) is 25.2 Å². The number of para-hydroxylation sites is 1. The van der Waals surface area contributed by atoms with Crippen LogP contribution in [0.25, 0.3) is 0 Å². The lowest BCUT2D eigenvalue weighted by atomic mass is 10.0. The normalized spacial score (nSPS) is 24.3. The maximum absolute atomic E-state index is 12.3. The molecule has 2 heterocycles. The minimum absolute atomic E-state index is 0.221. The highest BCUT2D eigenvalue weighted by Crippen LogP contribution is 2.35. The minimum Gasteiger partial charge on any atom is -0.457 e. The number of benzene rings is 2. The summed E-state index contributed by atoms with van der Waals surface area (Å²) in [5, 5.41) is 1.81. The third kappa shape index (κ3) is 3.89. The quantitative estimate of drug-likeness (QED) is 0.578. The maximum Gasteiger partial charge on any atom is 0.336 e. The van der Waals surface area contributed by atoms with Gasteiger partial charge in [-0.05, 0) is 30.7 Å². The number of hydrogen-bond acceptors (Lipinski definition) is 5. The van der Waals surface area contributed by atoms with Crippen molar-refractivity contribution in [3.8, 4) is 0 Å². The van der Waals surface area contributed by atoms with E-state index < -0.39 is 0 Å². The first-order valence-electron chi connectivity index (χ1n) is 9.28. The van der Waals surface area contributed by atoms with Crippen LogP contribution in [0.5, 0.6) is 0 Å². The zero-order valence-corrected chi connectivity index (χ0v) is 15.3. The van der Waals surface area contributed by atoms with E-state index in [9.17, 15) is 4.79 Å². The van der Waals surface area contributed by atoms with Crippen LogP contribution < -0.4 is 5.06 Å². The fraction of sp³-hybridized carbons (Fsp3) is 0.318. The molecule has 0 N–H and O–H groups in total. The Morgan fingerprint density at radius 3 is 2.48 bits per heavy atom. The van der Waals surface area contributed by atoms with Crippen molar-refractivity contribution in [2.75, 3.05) is 11.7 Å². The highest BCUT2D eigenvalue weighted by Gasteiger charge is 2.45. The lowest BCUT2D eigenvalue weighted by molar-refractivity contribution is -0.138. The van der Waals surface area contributed by atoms with Gasteiger partial charge < -0.3 is 9.47 Å². The molecule has 27 heavy (non-hydrogen) atoms. The summed E-state index contributed by atoms with van der Waals surface area (Å²) in [6.07, 6.45) is 2.07. The molecule has 5 nitrogen and oxygen atoms in total. The molecule has 2 aliphatic rings. The number of carbonyl (C=O) groups excluding carboxylic acids is 1. The first-order valence-corrected chi connectivity index (χ1v) is 9.28. The molecule has 1 saturated heterocycles. The second kappa shape index (κ2) is 7.94. The van der Waals surface area contributed by atoms with Gasteiger partial charge in [-0.3, -0.25) is 4.84 Å². The highest BCUT2D eigenvalue weighted by molar-refractivity contribution is 5.93. The van der Waals surface area contributed by atoms with Gasteiger partial charge in [0.2, 0.25) is 0 Å². The summed E-state index contributed by atoms with van der Waals surface area (Å²) in [6, 6.07) is 19.7. The number of hydroxylamine groups is 1. The van der Waals surface area contributed by atoms with Crippen LogP contribution in [0.2, 0.25) is 0 Å².